The summed E-state index contributed by atoms with van der Waals surface area (Å²) in [5, 5.41) is 1.23. The minimum atomic E-state index is -0.466. The Morgan fingerprint density at radius 2 is 1.50 bits per heavy atom. The van der Waals surface area contributed by atoms with Crippen LogP contribution in [0.3, 0.4) is 0 Å². The maximum Gasteiger partial charge on any atom is 0.282 e. The highest BCUT2D eigenvalue weighted by Crippen LogP contribution is 2.30. The molecule has 0 atom stereocenters. The third-order valence-corrected chi connectivity index (χ3v) is 5.47. The molecule has 186 valence electrons. The van der Waals surface area contributed by atoms with Crippen LogP contribution in [-0.2, 0) is 14.3 Å². The molecule has 0 bridgehead atoms. The van der Waals surface area contributed by atoms with Gasteiger partial charge in [-0.2, -0.15) is 0 Å². The van der Waals surface area contributed by atoms with Crippen LogP contribution in [0.25, 0.3) is 6.08 Å². The minimum Gasteiger partial charge on any atom is -0.493 e. The van der Waals surface area contributed by atoms with E-state index in [1.54, 1.807) is 42.5 Å². The number of anilines is 1. The Labute approximate surface area is 210 Å². The maximum absolute atomic E-state index is 12.8. The topological polar surface area (TPSA) is 86.3 Å². The van der Waals surface area contributed by atoms with Gasteiger partial charge in [0.2, 0.25) is 0 Å². The number of nitrogens with one attached hydrogen (secondary N) is 1. The number of hydrazine groups is 1. The molecule has 8 heteroatoms. The number of hydrogen-bond acceptors (Lipinski definition) is 6. The van der Waals surface area contributed by atoms with Gasteiger partial charge in [0.05, 0.1) is 26.0 Å². The predicted octanol–water partition coefficient (Wildman–Crippen LogP) is 3.94. The van der Waals surface area contributed by atoms with Crippen LogP contribution in [0.2, 0.25) is 0 Å². The zero-order valence-electron chi connectivity index (χ0n) is 20.2. The molecule has 1 heterocycles. The fourth-order valence-corrected chi connectivity index (χ4v) is 3.62. The fraction of sp³-hybridized carbons (Fsp3) is 0.214. The standard InChI is InChI=1S/C28H28N2O6/c1-20-8-6-7-11-24(20)35-16-14-34-15-17-36-25-13-12-21(19-26(25)33-2)18-23-27(31)29-30(28(23)32)22-9-4-3-5-10-22/h3-13,18-19H,14-17H2,1-2H3,(H,29,31). The molecular formula is C28H28N2O6. The van der Waals surface area contributed by atoms with Crippen LogP contribution < -0.4 is 24.6 Å². The highest BCUT2D eigenvalue weighted by atomic mass is 16.6. The van der Waals surface area contributed by atoms with E-state index >= 15 is 0 Å². The van der Waals surface area contributed by atoms with E-state index in [0.717, 1.165) is 11.3 Å². The fourth-order valence-electron chi connectivity index (χ4n) is 3.62. The first-order valence-electron chi connectivity index (χ1n) is 11.6. The second-order valence-corrected chi connectivity index (χ2v) is 7.96. The third kappa shape index (κ3) is 6.03. The number of methoxy groups -OCH3 is 1. The number of benzene rings is 3. The Morgan fingerprint density at radius 3 is 2.22 bits per heavy atom. The van der Waals surface area contributed by atoms with Gasteiger partial charge in [0, 0.05) is 0 Å². The summed E-state index contributed by atoms with van der Waals surface area (Å²) in [6.45, 7) is 3.60. The van der Waals surface area contributed by atoms with Crippen LogP contribution in [0.4, 0.5) is 5.69 Å². The molecule has 0 aromatic heterocycles. The lowest BCUT2D eigenvalue weighted by molar-refractivity contribution is -0.117. The summed E-state index contributed by atoms with van der Waals surface area (Å²) in [6, 6.07) is 22.0. The molecule has 3 aromatic rings. The van der Waals surface area contributed by atoms with Crippen LogP contribution in [-0.4, -0.2) is 45.4 Å². The monoisotopic (exact) mass is 488 g/mol. The molecule has 0 saturated carbocycles. The molecule has 1 aliphatic heterocycles. The van der Waals surface area contributed by atoms with Gasteiger partial charge in [-0.15, -0.1) is 0 Å². The average Bonchev–Trinajstić information content (AvgIpc) is 3.18. The van der Waals surface area contributed by atoms with E-state index in [2.05, 4.69) is 5.43 Å². The molecular weight excluding hydrogens is 460 g/mol. The lowest BCUT2D eigenvalue weighted by atomic mass is 10.1. The van der Waals surface area contributed by atoms with E-state index in [-0.39, 0.29) is 5.57 Å². The number of carbonyl (C=O) groups is 2. The van der Waals surface area contributed by atoms with Gasteiger partial charge in [-0.3, -0.25) is 15.0 Å². The lowest BCUT2D eigenvalue weighted by Crippen LogP contribution is -2.35. The van der Waals surface area contributed by atoms with Gasteiger partial charge in [0.1, 0.15) is 24.5 Å². The number of nitrogens with zero attached hydrogens (tertiary/aromatic N) is 1. The molecule has 0 aliphatic carbocycles. The van der Waals surface area contributed by atoms with Crippen molar-refractivity contribution < 1.29 is 28.5 Å². The number of ether oxygens (including phenoxy) is 4. The van der Waals surface area contributed by atoms with Gasteiger partial charge in [-0.25, -0.2) is 5.01 Å². The van der Waals surface area contributed by atoms with E-state index < -0.39 is 11.8 Å². The molecule has 0 spiro atoms. The van der Waals surface area contributed by atoms with Crippen molar-refractivity contribution in [3.63, 3.8) is 0 Å². The third-order valence-electron chi connectivity index (χ3n) is 5.47. The van der Waals surface area contributed by atoms with E-state index in [1.165, 1.54) is 18.2 Å². The minimum absolute atomic E-state index is 0.0379. The SMILES string of the molecule is COc1cc(C=C2C(=O)NN(c3ccccc3)C2=O)ccc1OCCOCCOc1ccccc1C. The lowest BCUT2D eigenvalue weighted by Gasteiger charge is -2.14. The number of para-hydroxylation sites is 2. The molecule has 0 unspecified atom stereocenters. The highest BCUT2D eigenvalue weighted by molar-refractivity contribution is 6.31. The molecule has 36 heavy (non-hydrogen) atoms. The first kappa shape index (κ1) is 24.8. The van der Waals surface area contributed by atoms with Gasteiger partial charge in [-0.05, 0) is 54.5 Å². The van der Waals surface area contributed by atoms with Crippen molar-refractivity contribution in [1.82, 2.24) is 5.43 Å². The van der Waals surface area contributed by atoms with Crippen LogP contribution >= 0.6 is 0 Å². The van der Waals surface area contributed by atoms with Crippen molar-refractivity contribution in [2.75, 3.05) is 38.5 Å². The number of aryl methyl sites for hydroxylation is 1. The van der Waals surface area contributed by atoms with Gasteiger partial charge >= 0.3 is 0 Å². The van der Waals surface area contributed by atoms with Crippen molar-refractivity contribution in [3.8, 4) is 17.2 Å². The second kappa shape index (κ2) is 11.9. The first-order valence-corrected chi connectivity index (χ1v) is 11.6. The van der Waals surface area contributed by atoms with Crippen LogP contribution in [0.5, 0.6) is 17.2 Å². The largest absolute Gasteiger partial charge is 0.493 e. The number of rotatable bonds is 11. The van der Waals surface area contributed by atoms with Crippen LogP contribution in [0.15, 0.2) is 78.4 Å². The maximum atomic E-state index is 12.8. The Balaban J connectivity index is 1.29. The molecule has 2 amide bonds. The van der Waals surface area contributed by atoms with Crippen molar-refractivity contribution in [2.45, 2.75) is 6.92 Å². The molecule has 8 nitrogen and oxygen atoms in total. The Bertz CT molecular complexity index is 1240. The first-order chi connectivity index (χ1) is 17.6. The zero-order valence-corrected chi connectivity index (χ0v) is 20.2. The summed E-state index contributed by atoms with van der Waals surface area (Å²) < 4.78 is 22.5. The van der Waals surface area contributed by atoms with Gasteiger partial charge in [-0.1, -0.05) is 42.5 Å². The van der Waals surface area contributed by atoms with Crippen molar-refractivity contribution in [1.29, 1.82) is 0 Å². The van der Waals surface area contributed by atoms with Gasteiger partial charge in [0.25, 0.3) is 11.8 Å². The summed E-state index contributed by atoms with van der Waals surface area (Å²) in [6.07, 6.45) is 1.53. The number of hydrogen-bond donors (Lipinski definition) is 1. The zero-order chi connectivity index (χ0) is 25.3. The van der Waals surface area contributed by atoms with Crippen molar-refractivity contribution in [2.24, 2.45) is 0 Å². The predicted molar refractivity (Wildman–Crippen MR) is 136 cm³/mol. The molecule has 1 saturated heterocycles. The number of carbonyl (C=O) groups excluding carboxylic acids is 2. The van der Waals surface area contributed by atoms with E-state index in [0.29, 0.717) is 49.2 Å². The quantitative estimate of drug-likeness (QED) is 0.250. The average molecular weight is 489 g/mol. The van der Waals surface area contributed by atoms with E-state index in [1.807, 2.05) is 37.3 Å². The Morgan fingerprint density at radius 1 is 0.806 bits per heavy atom. The summed E-state index contributed by atoms with van der Waals surface area (Å²) in [7, 11) is 1.53. The molecule has 3 aromatic carbocycles. The normalized spacial score (nSPS) is 14.2. The van der Waals surface area contributed by atoms with Crippen molar-refractivity contribution in [3.05, 3.63) is 89.5 Å². The van der Waals surface area contributed by atoms with Gasteiger partial charge in [0.15, 0.2) is 11.5 Å². The molecule has 1 fully saturated rings. The highest BCUT2D eigenvalue weighted by Gasteiger charge is 2.34. The van der Waals surface area contributed by atoms with Gasteiger partial charge < -0.3 is 18.9 Å². The Kier molecular flexibility index (Phi) is 8.20. The molecule has 0 radical (unpaired) electrons. The van der Waals surface area contributed by atoms with Crippen LogP contribution in [0.1, 0.15) is 11.1 Å². The summed E-state index contributed by atoms with van der Waals surface area (Å²) in [5.74, 6) is 0.980. The van der Waals surface area contributed by atoms with E-state index in [9.17, 15) is 9.59 Å². The summed E-state index contributed by atoms with van der Waals surface area (Å²) in [5.41, 5.74) is 4.93. The molecule has 4 rings (SSSR count). The van der Waals surface area contributed by atoms with E-state index in [4.69, 9.17) is 18.9 Å². The second-order valence-electron chi connectivity index (χ2n) is 7.96. The molecule has 1 aliphatic rings. The summed E-state index contributed by atoms with van der Waals surface area (Å²) >= 11 is 0. The Hall–Kier alpha value is -4.30. The number of amides is 2. The smallest absolute Gasteiger partial charge is 0.282 e. The molecule has 1 N–H and O–H groups in total. The van der Waals surface area contributed by atoms with Crippen molar-refractivity contribution >= 4 is 23.6 Å². The summed E-state index contributed by atoms with van der Waals surface area (Å²) in [4.78, 5) is 25.2. The van der Waals surface area contributed by atoms with Crippen LogP contribution in [0, 0.1) is 6.92 Å².